The topological polar surface area (TPSA) is 54.0 Å². The molecule has 1 aliphatic rings. The number of hydrogen-bond acceptors (Lipinski definition) is 5. The van der Waals surface area contributed by atoms with Crippen molar-refractivity contribution in [3.05, 3.63) is 69.4 Å². The van der Waals surface area contributed by atoms with Crippen molar-refractivity contribution in [1.29, 1.82) is 5.26 Å². The molecular formula is C20H17F3N4S2. The van der Waals surface area contributed by atoms with Crippen LogP contribution in [0.25, 0.3) is 5.69 Å². The van der Waals surface area contributed by atoms with Crippen LogP contribution in [0.5, 0.6) is 0 Å². The number of hydrogen-bond donors (Lipinski definition) is 0. The molecule has 4 nitrogen and oxygen atoms in total. The molecule has 150 valence electrons. The molecule has 0 bridgehead atoms. The van der Waals surface area contributed by atoms with Gasteiger partial charge in [-0.1, -0.05) is 6.07 Å². The van der Waals surface area contributed by atoms with E-state index in [0.29, 0.717) is 16.9 Å². The summed E-state index contributed by atoms with van der Waals surface area (Å²) >= 11 is 2.90. The van der Waals surface area contributed by atoms with Crippen LogP contribution in [0, 0.1) is 11.3 Å². The summed E-state index contributed by atoms with van der Waals surface area (Å²) in [6.07, 6.45) is 1.66. The second kappa shape index (κ2) is 8.93. The number of thioether (sulfide) groups is 2. The SMILES string of the molecule is CC=N/C=C(C)/C(C#N)=C1/SCC(c2ccc(-n3cccn3)c(C(F)(F)F)c2)S1. The number of alkyl halides is 3. The highest BCUT2D eigenvalue weighted by Gasteiger charge is 2.36. The summed E-state index contributed by atoms with van der Waals surface area (Å²) in [6.45, 7) is 3.58. The molecule has 0 N–H and O–H groups in total. The lowest BCUT2D eigenvalue weighted by molar-refractivity contribution is -0.137. The molecule has 1 fully saturated rings. The number of aliphatic imine (C=N–C) groups is 1. The molecule has 0 spiro atoms. The molecule has 29 heavy (non-hydrogen) atoms. The average molecular weight is 435 g/mol. The van der Waals surface area contributed by atoms with Crippen LogP contribution in [0.4, 0.5) is 13.2 Å². The van der Waals surface area contributed by atoms with Crippen LogP contribution in [0.2, 0.25) is 0 Å². The summed E-state index contributed by atoms with van der Waals surface area (Å²) < 4.78 is 43.0. The Morgan fingerprint density at radius 1 is 1.41 bits per heavy atom. The molecule has 0 aliphatic carbocycles. The number of rotatable bonds is 4. The van der Waals surface area contributed by atoms with Crippen LogP contribution in [0.1, 0.15) is 30.2 Å². The lowest BCUT2D eigenvalue weighted by Crippen LogP contribution is -2.12. The minimum atomic E-state index is -4.50. The van der Waals surface area contributed by atoms with Crippen LogP contribution in [0.15, 0.2) is 63.2 Å². The van der Waals surface area contributed by atoms with Gasteiger partial charge in [-0.25, -0.2) is 4.68 Å². The van der Waals surface area contributed by atoms with Crippen molar-refractivity contribution < 1.29 is 13.2 Å². The summed E-state index contributed by atoms with van der Waals surface area (Å²) in [6, 6.07) is 8.11. The smallest absolute Gasteiger partial charge is 0.269 e. The highest BCUT2D eigenvalue weighted by Crippen LogP contribution is 2.52. The van der Waals surface area contributed by atoms with Crippen LogP contribution in [-0.2, 0) is 6.18 Å². The molecule has 1 aromatic carbocycles. The van der Waals surface area contributed by atoms with E-state index in [1.807, 2.05) is 0 Å². The molecule has 1 unspecified atom stereocenters. The monoisotopic (exact) mass is 434 g/mol. The third-order valence-corrected chi connectivity index (χ3v) is 7.15. The molecule has 9 heteroatoms. The van der Waals surface area contributed by atoms with E-state index in [4.69, 9.17) is 0 Å². The predicted octanol–water partition coefficient (Wildman–Crippen LogP) is 6.14. The van der Waals surface area contributed by atoms with Gasteiger partial charge >= 0.3 is 6.18 Å². The van der Waals surface area contributed by atoms with Gasteiger partial charge in [0.15, 0.2) is 0 Å². The van der Waals surface area contributed by atoms with Crippen LogP contribution < -0.4 is 0 Å². The first kappa shape index (κ1) is 21.3. The quantitative estimate of drug-likeness (QED) is 0.428. The van der Waals surface area contributed by atoms with Crippen molar-refractivity contribution in [3.8, 4) is 11.8 Å². The van der Waals surface area contributed by atoms with E-state index in [-0.39, 0.29) is 10.9 Å². The zero-order valence-electron chi connectivity index (χ0n) is 15.6. The lowest BCUT2D eigenvalue weighted by atomic mass is 10.1. The Bertz CT molecular complexity index is 1020. The molecule has 2 heterocycles. The minimum Gasteiger partial charge on any atom is -0.269 e. The Kier molecular flexibility index (Phi) is 6.55. The summed E-state index contributed by atoms with van der Waals surface area (Å²) in [5.74, 6) is 0.591. The zero-order chi connectivity index (χ0) is 21.0. The molecular weight excluding hydrogens is 417 g/mol. The Labute approximate surface area is 175 Å². The van der Waals surface area contributed by atoms with Crippen molar-refractivity contribution in [2.45, 2.75) is 25.3 Å². The van der Waals surface area contributed by atoms with Crippen LogP contribution >= 0.6 is 23.5 Å². The molecule has 1 atom stereocenters. The van der Waals surface area contributed by atoms with Gasteiger partial charge in [-0.15, -0.1) is 23.5 Å². The van der Waals surface area contributed by atoms with Gasteiger partial charge in [0.2, 0.25) is 0 Å². The Morgan fingerprint density at radius 3 is 2.83 bits per heavy atom. The highest BCUT2D eigenvalue weighted by molar-refractivity contribution is 8.25. The van der Waals surface area contributed by atoms with Gasteiger partial charge in [0.05, 0.1) is 21.1 Å². The normalized spacial score (nSPS) is 19.6. The second-order valence-electron chi connectivity index (χ2n) is 6.14. The molecule has 0 amide bonds. The first-order valence-corrected chi connectivity index (χ1v) is 10.5. The van der Waals surface area contributed by atoms with Crippen LogP contribution in [-0.4, -0.2) is 21.7 Å². The number of nitriles is 1. The Hall–Kier alpha value is -2.44. The number of allylic oxidation sites excluding steroid dienone is 2. The fourth-order valence-electron chi connectivity index (χ4n) is 2.78. The van der Waals surface area contributed by atoms with E-state index >= 15 is 0 Å². The van der Waals surface area contributed by atoms with Gasteiger partial charge in [-0.2, -0.15) is 23.5 Å². The summed E-state index contributed by atoms with van der Waals surface area (Å²) in [4.78, 5) is 4.04. The van der Waals surface area contributed by atoms with Gasteiger partial charge in [0, 0.05) is 35.8 Å². The van der Waals surface area contributed by atoms with Crippen molar-refractivity contribution in [3.63, 3.8) is 0 Å². The average Bonchev–Trinajstić information content (AvgIpc) is 3.38. The van der Waals surface area contributed by atoms with Crippen molar-refractivity contribution in [2.24, 2.45) is 4.99 Å². The lowest BCUT2D eigenvalue weighted by Gasteiger charge is -2.16. The summed E-state index contributed by atoms with van der Waals surface area (Å²) in [7, 11) is 0. The van der Waals surface area contributed by atoms with Gasteiger partial charge in [-0.3, -0.25) is 4.99 Å². The van der Waals surface area contributed by atoms with E-state index < -0.39 is 11.7 Å². The molecule has 1 aliphatic heterocycles. The van der Waals surface area contributed by atoms with Gasteiger partial charge < -0.3 is 0 Å². The number of benzene rings is 1. The van der Waals surface area contributed by atoms with E-state index in [1.54, 1.807) is 38.4 Å². The third-order valence-electron chi connectivity index (χ3n) is 4.19. The fraction of sp³-hybridized carbons (Fsp3) is 0.250. The molecule has 0 saturated carbocycles. The minimum absolute atomic E-state index is 0.00779. The highest BCUT2D eigenvalue weighted by atomic mass is 32.2. The summed E-state index contributed by atoms with van der Waals surface area (Å²) in [5.41, 5.74) is 1.08. The van der Waals surface area contributed by atoms with Crippen molar-refractivity contribution >= 4 is 29.7 Å². The van der Waals surface area contributed by atoms with Crippen molar-refractivity contribution in [2.75, 3.05) is 5.75 Å². The zero-order valence-corrected chi connectivity index (χ0v) is 17.3. The molecule has 3 rings (SSSR count). The molecule has 1 saturated heterocycles. The van der Waals surface area contributed by atoms with Crippen molar-refractivity contribution in [1.82, 2.24) is 9.78 Å². The number of nitrogens with zero attached hydrogens (tertiary/aromatic N) is 4. The molecule has 1 aromatic heterocycles. The fourth-order valence-corrected chi connectivity index (χ4v) is 5.79. The second-order valence-corrected chi connectivity index (χ2v) is 8.64. The maximum absolute atomic E-state index is 13.7. The Balaban J connectivity index is 1.95. The number of aromatic nitrogens is 2. The maximum Gasteiger partial charge on any atom is 0.418 e. The summed E-state index contributed by atoms with van der Waals surface area (Å²) in [5, 5.41) is 13.3. The van der Waals surface area contributed by atoms with Crippen LogP contribution in [0.3, 0.4) is 0 Å². The van der Waals surface area contributed by atoms with Gasteiger partial charge in [0.1, 0.15) is 6.07 Å². The van der Waals surface area contributed by atoms with E-state index in [9.17, 15) is 18.4 Å². The standard InChI is InChI=1S/C20H17F3N4S2/c1-3-25-11-13(2)15(10-24)19-28-12-18(29-19)14-5-6-17(27-8-4-7-26-27)16(9-14)20(21,22)23/h3-9,11,18H,12H2,1-2H3/b13-11+,19-15-,25-3?. The van der Waals surface area contributed by atoms with Gasteiger partial charge in [-0.05, 0) is 43.2 Å². The van der Waals surface area contributed by atoms with E-state index in [2.05, 4.69) is 16.2 Å². The predicted molar refractivity (Wildman–Crippen MR) is 112 cm³/mol. The van der Waals surface area contributed by atoms with E-state index in [1.165, 1.54) is 52.7 Å². The molecule has 0 radical (unpaired) electrons. The first-order valence-electron chi connectivity index (χ1n) is 8.65. The van der Waals surface area contributed by atoms with Gasteiger partial charge in [0.25, 0.3) is 0 Å². The largest absolute Gasteiger partial charge is 0.418 e. The Morgan fingerprint density at radius 2 is 2.21 bits per heavy atom. The number of halogens is 3. The van der Waals surface area contributed by atoms with E-state index in [0.717, 1.165) is 9.81 Å². The third kappa shape index (κ3) is 4.77. The maximum atomic E-state index is 13.7. The molecule has 2 aromatic rings. The first-order chi connectivity index (χ1) is 13.8.